The van der Waals surface area contributed by atoms with Crippen LogP contribution < -0.4 is 15.8 Å². The van der Waals surface area contributed by atoms with Crippen LogP contribution in [-0.4, -0.2) is 17.1 Å². The minimum atomic E-state index is 0.333. The van der Waals surface area contributed by atoms with Crippen molar-refractivity contribution in [3.63, 3.8) is 0 Å². The van der Waals surface area contributed by atoms with Crippen LogP contribution in [0.4, 0.5) is 11.6 Å². The molecule has 0 saturated heterocycles. The Morgan fingerprint density at radius 2 is 2.15 bits per heavy atom. The summed E-state index contributed by atoms with van der Waals surface area (Å²) in [6.45, 7) is 2.28. The number of anilines is 2. The van der Waals surface area contributed by atoms with Crippen molar-refractivity contribution < 1.29 is 4.74 Å². The van der Waals surface area contributed by atoms with Gasteiger partial charge in [0.1, 0.15) is 17.5 Å². The standard InChI is InChI=1S/C14H15N5O/c1-9-5-12(7-15)19-14(18-9)17-8-10-6-11(16)3-4-13(10)20-2/h3-6H,8,16H2,1-2H3,(H,17,18,19). The zero-order chi connectivity index (χ0) is 14.5. The first kappa shape index (κ1) is 13.6. The Morgan fingerprint density at radius 3 is 2.85 bits per heavy atom. The molecule has 2 aromatic rings. The number of nitrogen functional groups attached to an aromatic ring is 1. The molecule has 0 amide bonds. The maximum atomic E-state index is 8.89. The van der Waals surface area contributed by atoms with Crippen LogP contribution in [0.2, 0.25) is 0 Å². The summed E-state index contributed by atoms with van der Waals surface area (Å²) in [7, 11) is 1.60. The summed E-state index contributed by atoms with van der Waals surface area (Å²) in [6, 6.07) is 9.05. The Kier molecular flexibility index (Phi) is 4.01. The minimum absolute atomic E-state index is 0.333. The zero-order valence-electron chi connectivity index (χ0n) is 11.3. The largest absolute Gasteiger partial charge is 0.496 e. The molecule has 0 aliphatic carbocycles. The second kappa shape index (κ2) is 5.89. The summed E-state index contributed by atoms with van der Waals surface area (Å²) < 4.78 is 5.27. The second-order valence-electron chi connectivity index (χ2n) is 4.25. The Morgan fingerprint density at radius 1 is 1.35 bits per heavy atom. The lowest BCUT2D eigenvalue weighted by molar-refractivity contribution is 0.410. The van der Waals surface area contributed by atoms with Gasteiger partial charge in [-0.1, -0.05) is 0 Å². The molecule has 6 heteroatoms. The number of aromatic nitrogens is 2. The van der Waals surface area contributed by atoms with Gasteiger partial charge in [0.05, 0.1) is 7.11 Å². The Balaban J connectivity index is 2.19. The number of aryl methyl sites for hydroxylation is 1. The maximum Gasteiger partial charge on any atom is 0.224 e. The van der Waals surface area contributed by atoms with E-state index < -0.39 is 0 Å². The van der Waals surface area contributed by atoms with Gasteiger partial charge < -0.3 is 15.8 Å². The molecular formula is C14H15N5O. The van der Waals surface area contributed by atoms with Crippen LogP contribution >= 0.6 is 0 Å². The summed E-state index contributed by atoms with van der Waals surface area (Å²) in [5.74, 6) is 1.14. The van der Waals surface area contributed by atoms with Crippen LogP contribution in [0.3, 0.4) is 0 Å². The molecule has 0 aliphatic rings. The molecule has 0 aliphatic heterocycles. The maximum absolute atomic E-state index is 8.89. The molecule has 0 radical (unpaired) electrons. The van der Waals surface area contributed by atoms with Gasteiger partial charge in [0.15, 0.2) is 0 Å². The van der Waals surface area contributed by atoms with Crippen molar-refractivity contribution in [2.24, 2.45) is 0 Å². The predicted octanol–water partition coefficient (Wildman–Crippen LogP) is 1.86. The number of methoxy groups -OCH3 is 1. The first-order valence-electron chi connectivity index (χ1n) is 6.04. The number of ether oxygens (including phenoxy) is 1. The molecule has 0 fully saturated rings. The highest BCUT2D eigenvalue weighted by Crippen LogP contribution is 2.21. The van der Waals surface area contributed by atoms with Crippen LogP contribution in [0, 0.1) is 18.3 Å². The van der Waals surface area contributed by atoms with Gasteiger partial charge in [-0.3, -0.25) is 0 Å². The van der Waals surface area contributed by atoms with Gasteiger partial charge in [0, 0.05) is 23.5 Å². The first-order valence-corrected chi connectivity index (χ1v) is 6.04. The van der Waals surface area contributed by atoms with Crippen molar-refractivity contribution in [3.05, 3.63) is 41.2 Å². The molecule has 102 valence electrons. The third-order valence-corrected chi connectivity index (χ3v) is 2.71. The number of nitrogens with zero attached hydrogens (tertiary/aromatic N) is 3. The molecule has 1 heterocycles. The van der Waals surface area contributed by atoms with Crippen molar-refractivity contribution in [1.29, 1.82) is 5.26 Å². The molecule has 1 aromatic heterocycles. The van der Waals surface area contributed by atoms with Gasteiger partial charge in [0.2, 0.25) is 5.95 Å². The van der Waals surface area contributed by atoms with Gasteiger partial charge in [-0.05, 0) is 31.2 Å². The molecule has 0 spiro atoms. The summed E-state index contributed by atoms with van der Waals surface area (Å²) in [6.07, 6.45) is 0. The summed E-state index contributed by atoms with van der Waals surface area (Å²) in [5, 5.41) is 12.0. The highest BCUT2D eigenvalue weighted by Gasteiger charge is 2.06. The molecule has 0 atom stereocenters. The first-order chi connectivity index (χ1) is 9.62. The number of nitrogens with one attached hydrogen (secondary N) is 1. The van der Waals surface area contributed by atoms with Crippen molar-refractivity contribution in [2.45, 2.75) is 13.5 Å². The number of rotatable bonds is 4. The predicted molar refractivity (Wildman–Crippen MR) is 76.2 cm³/mol. The molecule has 0 saturated carbocycles. The SMILES string of the molecule is COc1ccc(N)cc1CNc1nc(C)cc(C#N)n1. The summed E-state index contributed by atoms with van der Waals surface area (Å²) in [5.41, 5.74) is 8.39. The summed E-state index contributed by atoms with van der Waals surface area (Å²) in [4.78, 5) is 8.32. The lowest BCUT2D eigenvalue weighted by atomic mass is 10.2. The van der Waals surface area contributed by atoms with E-state index in [-0.39, 0.29) is 0 Å². The van der Waals surface area contributed by atoms with Gasteiger partial charge in [-0.15, -0.1) is 0 Å². The lowest BCUT2D eigenvalue weighted by Crippen LogP contribution is -2.07. The van der Waals surface area contributed by atoms with Crippen LogP contribution in [0.1, 0.15) is 17.0 Å². The van der Waals surface area contributed by atoms with E-state index in [0.29, 0.717) is 23.9 Å². The van der Waals surface area contributed by atoms with Crippen LogP contribution in [0.15, 0.2) is 24.3 Å². The lowest BCUT2D eigenvalue weighted by Gasteiger charge is -2.10. The molecular weight excluding hydrogens is 254 g/mol. The monoisotopic (exact) mass is 269 g/mol. The Labute approximate surface area is 117 Å². The van der Waals surface area contributed by atoms with E-state index >= 15 is 0 Å². The van der Waals surface area contributed by atoms with E-state index in [1.807, 2.05) is 25.1 Å². The Hall–Kier alpha value is -2.81. The molecule has 0 unspecified atom stereocenters. The quantitative estimate of drug-likeness (QED) is 0.822. The fraction of sp³-hybridized carbons (Fsp3) is 0.214. The topological polar surface area (TPSA) is 96.9 Å². The van der Waals surface area contributed by atoms with E-state index in [0.717, 1.165) is 17.0 Å². The number of hydrogen-bond acceptors (Lipinski definition) is 6. The molecule has 1 aromatic carbocycles. The van der Waals surface area contributed by atoms with Gasteiger partial charge >= 0.3 is 0 Å². The highest BCUT2D eigenvalue weighted by atomic mass is 16.5. The normalized spacial score (nSPS) is 9.85. The van der Waals surface area contributed by atoms with E-state index in [2.05, 4.69) is 15.3 Å². The zero-order valence-corrected chi connectivity index (χ0v) is 11.3. The third kappa shape index (κ3) is 3.14. The van der Waals surface area contributed by atoms with Crippen molar-refractivity contribution in [2.75, 3.05) is 18.2 Å². The van der Waals surface area contributed by atoms with E-state index in [4.69, 9.17) is 15.7 Å². The molecule has 0 bridgehead atoms. The van der Waals surface area contributed by atoms with E-state index in [1.165, 1.54) is 0 Å². The molecule has 2 rings (SSSR count). The molecule has 20 heavy (non-hydrogen) atoms. The smallest absolute Gasteiger partial charge is 0.224 e. The molecule has 6 nitrogen and oxygen atoms in total. The van der Waals surface area contributed by atoms with Crippen molar-refractivity contribution >= 4 is 11.6 Å². The van der Waals surface area contributed by atoms with Crippen LogP contribution in [-0.2, 0) is 6.54 Å². The average molecular weight is 269 g/mol. The number of hydrogen-bond donors (Lipinski definition) is 2. The van der Waals surface area contributed by atoms with Crippen LogP contribution in [0.5, 0.6) is 5.75 Å². The molecule has 3 N–H and O–H groups in total. The summed E-state index contributed by atoms with van der Waals surface area (Å²) >= 11 is 0. The van der Waals surface area contributed by atoms with Crippen molar-refractivity contribution in [3.8, 4) is 11.8 Å². The number of benzene rings is 1. The number of nitrogens with two attached hydrogens (primary N) is 1. The van der Waals surface area contributed by atoms with E-state index in [9.17, 15) is 0 Å². The highest BCUT2D eigenvalue weighted by molar-refractivity contribution is 5.49. The fourth-order valence-electron chi connectivity index (χ4n) is 1.82. The van der Waals surface area contributed by atoms with Crippen LogP contribution in [0.25, 0.3) is 0 Å². The third-order valence-electron chi connectivity index (χ3n) is 2.71. The van der Waals surface area contributed by atoms with E-state index in [1.54, 1.807) is 19.2 Å². The van der Waals surface area contributed by atoms with Crippen molar-refractivity contribution in [1.82, 2.24) is 9.97 Å². The average Bonchev–Trinajstić information content (AvgIpc) is 2.44. The second-order valence-corrected chi connectivity index (χ2v) is 4.25. The number of nitriles is 1. The van der Waals surface area contributed by atoms with Gasteiger partial charge in [-0.2, -0.15) is 5.26 Å². The minimum Gasteiger partial charge on any atom is -0.496 e. The Bertz CT molecular complexity index is 663. The van der Waals surface area contributed by atoms with Gasteiger partial charge in [-0.25, -0.2) is 9.97 Å². The fourth-order valence-corrected chi connectivity index (χ4v) is 1.82. The van der Waals surface area contributed by atoms with Gasteiger partial charge in [0.25, 0.3) is 0 Å².